The van der Waals surface area contributed by atoms with Gasteiger partial charge in [-0.1, -0.05) is 48.6 Å². The zero-order chi connectivity index (χ0) is 10.5. The van der Waals surface area contributed by atoms with Gasteiger partial charge in [0.05, 0.1) is 6.07 Å². The lowest BCUT2D eigenvalue weighted by molar-refractivity contribution is 1.29. The first-order valence-electron chi connectivity index (χ1n) is 4.92. The summed E-state index contributed by atoms with van der Waals surface area (Å²) in [6, 6.07) is 12.4. The van der Waals surface area contributed by atoms with Gasteiger partial charge in [0.1, 0.15) is 0 Å². The van der Waals surface area contributed by atoms with Crippen LogP contribution in [0.5, 0.6) is 0 Å². The van der Waals surface area contributed by atoms with Crippen LogP contribution in [0.2, 0.25) is 0 Å². The predicted octanol–water partition coefficient (Wildman–Crippen LogP) is 3.48. The van der Waals surface area contributed by atoms with Crippen molar-refractivity contribution in [3.8, 4) is 6.07 Å². The van der Waals surface area contributed by atoms with Crippen LogP contribution in [-0.2, 0) is 0 Å². The van der Waals surface area contributed by atoms with Gasteiger partial charge in [-0.25, -0.2) is 0 Å². The molecule has 1 aromatic rings. The Morgan fingerprint density at radius 1 is 1.00 bits per heavy atom. The molecule has 0 aromatic heterocycles. The lowest BCUT2D eigenvalue weighted by Gasteiger charge is -2.04. The Labute approximate surface area is 89.7 Å². The third kappa shape index (κ3) is 2.24. The minimum absolute atomic E-state index is 0.716. The second-order valence-corrected chi connectivity index (χ2v) is 3.42. The minimum Gasteiger partial charge on any atom is -0.193 e. The van der Waals surface area contributed by atoms with Crippen LogP contribution in [0.1, 0.15) is 12.0 Å². The van der Waals surface area contributed by atoms with Gasteiger partial charge in [-0.05, 0) is 17.2 Å². The fourth-order valence-electron chi connectivity index (χ4n) is 1.59. The molecule has 0 amide bonds. The first-order valence-corrected chi connectivity index (χ1v) is 4.92. The van der Waals surface area contributed by atoms with E-state index in [1.807, 2.05) is 36.4 Å². The molecule has 0 spiro atoms. The fraction of sp³-hybridized carbons (Fsp3) is 0.0714. The van der Waals surface area contributed by atoms with Gasteiger partial charge in [0.2, 0.25) is 0 Å². The number of nitriles is 1. The van der Waals surface area contributed by atoms with Crippen molar-refractivity contribution in [3.63, 3.8) is 0 Å². The maximum absolute atomic E-state index is 8.90. The molecule has 0 saturated carbocycles. The summed E-state index contributed by atoms with van der Waals surface area (Å²) >= 11 is 0. The van der Waals surface area contributed by atoms with Crippen molar-refractivity contribution in [2.45, 2.75) is 6.42 Å². The maximum Gasteiger partial charge on any atom is 0.0950 e. The molecule has 0 radical (unpaired) electrons. The molecule has 0 unspecified atom stereocenters. The van der Waals surface area contributed by atoms with Crippen molar-refractivity contribution in [1.29, 1.82) is 5.26 Å². The molecule has 1 aliphatic rings. The van der Waals surface area contributed by atoms with Crippen LogP contribution in [0.4, 0.5) is 0 Å². The Morgan fingerprint density at radius 3 is 2.47 bits per heavy atom. The average Bonchev–Trinajstić information content (AvgIpc) is 2.55. The van der Waals surface area contributed by atoms with E-state index in [1.165, 1.54) is 11.1 Å². The van der Waals surface area contributed by atoms with Gasteiger partial charge in [0.25, 0.3) is 0 Å². The Bertz CT molecular complexity index is 470. The first-order chi connectivity index (χ1) is 7.40. The number of benzene rings is 1. The Morgan fingerprint density at radius 2 is 1.73 bits per heavy atom. The summed E-state index contributed by atoms with van der Waals surface area (Å²) in [5.41, 5.74) is 3.18. The van der Waals surface area contributed by atoms with Gasteiger partial charge in [0.15, 0.2) is 0 Å². The summed E-state index contributed by atoms with van der Waals surface area (Å²) in [6.45, 7) is 0. The van der Waals surface area contributed by atoms with Crippen molar-refractivity contribution in [2.24, 2.45) is 0 Å². The molecule has 1 aliphatic carbocycles. The molecule has 0 saturated heterocycles. The van der Waals surface area contributed by atoms with Crippen molar-refractivity contribution in [2.75, 3.05) is 0 Å². The monoisotopic (exact) mass is 193 g/mol. The third-order valence-corrected chi connectivity index (χ3v) is 2.38. The summed E-state index contributed by atoms with van der Waals surface area (Å²) < 4.78 is 0. The lowest BCUT2D eigenvalue weighted by Crippen LogP contribution is -1.85. The Balaban J connectivity index is 2.33. The van der Waals surface area contributed by atoms with Crippen LogP contribution < -0.4 is 0 Å². The zero-order valence-electron chi connectivity index (χ0n) is 8.35. The lowest BCUT2D eigenvalue weighted by atomic mass is 9.99. The van der Waals surface area contributed by atoms with E-state index < -0.39 is 0 Å². The van der Waals surface area contributed by atoms with E-state index in [4.69, 9.17) is 5.26 Å². The van der Waals surface area contributed by atoms with Gasteiger partial charge in [-0.3, -0.25) is 0 Å². The molecule has 1 aromatic carbocycles. The van der Waals surface area contributed by atoms with Crippen LogP contribution in [0.3, 0.4) is 0 Å². The minimum atomic E-state index is 0.716. The van der Waals surface area contributed by atoms with E-state index in [0.29, 0.717) is 6.42 Å². The van der Waals surface area contributed by atoms with E-state index in [-0.39, 0.29) is 0 Å². The summed E-state index contributed by atoms with van der Waals surface area (Å²) in [5.74, 6) is 0. The predicted molar refractivity (Wildman–Crippen MR) is 61.9 cm³/mol. The van der Waals surface area contributed by atoms with Crippen molar-refractivity contribution in [3.05, 3.63) is 65.8 Å². The van der Waals surface area contributed by atoms with Crippen molar-refractivity contribution < 1.29 is 0 Å². The summed E-state index contributed by atoms with van der Waals surface area (Å²) in [4.78, 5) is 0. The molecule has 0 atom stereocenters. The van der Waals surface area contributed by atoms with E-state index >= 15 is 0 Å². The van der Waals surface area contributed by atoms with Crippen LogP contribution in [-0.4, -0.2) is 0 Å². The SMILES string of the molecule is N#CC1=CC=CC=C(c2ccccc2)C1. The zero-order valence-corrected chi connectivity index (χ0v) is 8.35. The van der Waals surface area contributed by atoms with Crippen molar-refractivity contribution >= 4 is 5.57 Å². The van der Waals surface area contributed by atoms with Crippen LogP contribution in [0, 0.1) is 11.3 Å². The number of hydrogen-bond donors (Lipinski definition) is 0. The summed E-state index contributed by atoms with van der Waals surface area (Å²) in [6.07, 6.45) is 8.54. The molecule has 0 heterocycles. The number of nitrogens with zero attached hydrogens (tertiary/aromatic N) is 1. The molecule has 15 heavy (non-hydrogen) atoms. The van der Waals surface area contributed by atoms with E-state index in [0.717, 1.165) is 5.57 Å². The average molecular weight is 193 g/mol. The van der Waals surface area contributed by atoms with E-state index in [1.54, 1.807) is 0 Å². The van der Waals surface area contributed by atoms with E-state index in [9.17, 15) is 0 Å². The molecular formula is C14H11N. The molecule has 0 N–H and O–H groups in total. The van der Waals surface area contributed by atoms with Crippen LogP contribution in [0.25, 0.3) is 5.57 Å². The summed E-state index contributed by atoms with van der Waals surface area (Å²) in [7, 11) is 0. The topological polar surface area (TPSA) is 23.8 Å². The standard InChI is InChI=1S/C14H11N/c15-11-12-6-4-5-9-14(10-12)13-7-2-1-3-8-13/h1-9H,10H2. The van der Waals surface area contributed by atoms with Gasteiger partial charge < -0.3 is 0 Å². The number of allylic oxidation sites excluding steroid dienone is 6. The molecule has 0 bridgehead atoms. The smallest absolute Gasteiger partial charge is 0.0950 e. The molecule has 0 fully saturated rings. The molecule has 1 heteroatoms. The first kappa shape index (κ1) is 9.48. The van der Waals surface area contributed by atoms with Crippen LogP contribution in [0.15, 0.2) is 60.2 Å². The van der Waals surface area contributed by atoms with Crippen LogP contribution >= 0.6 is 0 Å². The number of rotatable bonds is 1. The largest absolute Gasteiger partial charge is 0.193 e. The van der Waals surface area contributed by atoms with Crippen molar-refractivity contribution in [1.82, 2.24) is 0 Å². The quantitative estimate of drug-likeness (QED) is 0.669. The second-order valence-electron chi connectivity index (χ2n) is 3.42. The Hall–Kier alpha value is -2.07. The molecule has 1 nitrogen and oxygen atoms in total. The van der Waals surface area contributed by atoms with Gasteiger partial charge in [-0.2, -0.15) is 5.26 Å². The molecule has 0 aliphatic heterocycles. The molecular weight excluding hydrogens is 182 g/mol. The normalized spacial score (nSPS) is 14.9. The Kier molecular flexibility index (Phi) is 2.80. The molecule has 72 valence electrons. The highest BCUT2D eigenvalue weighted by atomic mass is 14.2. The highest BCUT2D eigenvalue weighted by Gasteiger charge is 2.05. The molecule has 2 rings (SSSR count). The highest BCUT2D eigenvalue weighted by Crippen LogP contribution is 2.23. The maximum atomic E-state index is 8.90. The summed E-state index contributed by atoms with van der Waals surface area (Å²) in [5, 5.41) is 8.90. The van der Waals surface area contributed by atoms with Gasteiger partial charge in [-0.15, -0.1) is 0 Å². The highest BCUT2D eigenvalue weighted by molar-refractivity contribution is 5.70. The number of hydrogen-bond acceptors (Lipinski definition) is 1. The third-order valence-electron chi connectivity index (χ3n) is 2.38. The van der Waals surface area contributed by atoms with E-state index in [2.05, 4.69) is 24.3 Å². The van der Waals surface area contributed by atoms with Gasteiger partial charge >= 0.3 is 0 Å². The second kappa shape index (κ2) is 4.43. The fourth-order valence-corrected chi connectivity index (χ4v) is 1.59. The van der Waals surface area contributed by atoms with Gasteiger partial charge in [0, 0.05) is 12.0 Å².